The summed E-state index contributed by atoms with van der Waals surface area (Å²) in [5.74, 6) is 1.37. The third-order valence-electron chi connectivity index (χ3n) is 20.0. The molecule has 0 aliphatic heterocycles. The van der Waals surface area contributed by atoms with Crippen LogP contribution in [0.25, 0.3) is 0 Å². The second-order valence-electron chi connectivity index (χ2n) is 29.9. The lowest BCUT2D eigenvalue weighted by Crippen LogP contribution is -2.04. The zero-order valence-corrected chi connectivity index (χ0v) is 71.7. The number of nitrogens with one attached hydrogen (secondary N) is 6. The molecule has 0 amide bonds. The molecule has 7 N–H and O–H groups in total. The highest BCUT2D eigenvalue weighted by atomic mass is 16.5. The Balaban J connectivity index is 0.000000196. The number of rotatable bonds is 42. The third kappa shape index (κ3) is 39.0. The predicted octanol–water partition coefficient (Wildman–Crippen LogP) is 27.5. The lowest BCUT2D eigenvalue weighted by atomic mass is 10.0. The Hall–Kier alpha value is -11.5. The van der Waals surface area contributed by atoms with Crippen molar-refractivity contribution < 1.29 is 19.4 Å². The first-order valence-corrected chi connectivity index (χ1v) is 43.5. The van der Waals surface area contributed by atoms with Gasteiger partial charge < -0.3 is 41.7 Å². The van der Waals surface area contributed by atoms with E-state index in [0.717, 1.165) is 137 Å². The molecule has 0 heterocycles. The van der Waals surface area contributed by atoms with Crippen molar-refractivity contribution in [3.05, 3.63) is 388 Å². The minimum absolute atomic E-state index is 0.214. The number of ether oxygens (including phenoxy) is 1. The number of para-hydroxylation sites is 1. The van der Waals surface area contributed by atoms with Gasteiger partial charge in [0, 0.05) is 103 Å². The maximum atomic E-state index is 11.9. The minimum atomic E-state index is -0.358. The lowest BCUT2D eigenvalue weighted by Gasteiger charge is -2.12. The Morgan fingerprint density at radius 1 is 0.288 bits per heavy atom. The van der Waals surface area contributed by atoms with E-state index in [-0.39, 0.29) is 17.7 Å². The van der Waals surface area contributed by atoms with Crippen LogP contribution >= 0.6 is 0 Å². The van der Waals surface area contributed by atoms with Crippen molar-refractivity contribution in [2.45, 2.75) is 196 Å². The van der Waals surface area contributed by atoms with Crippen molar-refractivity contribution in [2.24, 2.45) is 0 Å². The number of ketones is 2. The number of unbranched alkanes of at least 4 members (excludes halogenated alkanes) is 3. The molecule has 0 bridgehead atoms. The van der Waals surface area contributed by atoms with Crippen LogP contribution in [0.1, 0.15) is 214 Å². The van der Waals surface area contributed by atoms with Crippen LogP contribution in [-0.4, -0.2) is 43.4 Å². The zero-order valence-electron chi connectivity index (χ0n) is 71.7. The van der Waals surface area contributed by atoms with Gasteiger partial charge in [-0.1, -0.05) is 310 Å². The molecule has 0 aromatic heterocycles. The van der Waals surface area contributed by atoms with Crippen LogP contribution < -0.4 is 36.6 Å². The van der Waals surface area contributed by atoms with Crippen molar-refractivity contribution in [2.75, 3.05) is 58.6 Å². The maximum absolute atomic E-state index is 11.9. The molecule has 0 saturated carbocycles. The van der Waals surface area contributed by atoms with E-state index in [1.807, 2.05) is 147 Å². The predicted molar refractivity (Wildman–Crippen MR) is 506 cm³/mol. The average molecular weight is 1580 g/mol. The summed E-state index contributed by atoms with van der Waals surface area (Å²) >= 11 is 0. The molecule has 12 aromatic rings. The van der Waals surface area contributed by atoms with Gasteiger partial charge in [0.2, 0.25) is 0 Å². The number of aliphatic hydroxyl groups is 1. The number of aliphatic hydroxyl groups excluding tert-OH is 1. The molecule has 10 nitrogen and oxygen atoms in total. The molecular formula is C108H134N6O4. The number of methoxy groups -OCH3 is 1. The number of Topliss-reactive ketones (excluding diaryl/α,β-unsaturated/α-hetero) is 2. The highest BCUT2D eigenvalue weighted by Gasteiger charge is 2.10. The lowest BCUT2D eigenvalue weighted by molar-refractivity contribution is 0.0973. The molecule has 10 heteroatoms. The number of anilines is 6. The summed E-state index contributed by atoms with van der Waals surface area (Å²) in [6.07, 6.45) is 21.1. The Kier molecular flexibility index (Phi) is 46.4. The normalized spacial score (nSPS) is 10.6. The number of carbonyl (C=O) groups excluding carboxylic acids is 2. The molecule has 0 fully saturated rings. The van der Waals surface area contributed by atoms with Gasteiger partial charge in [-0.3, -0.25) is 9.59 Å². The van der Waals surface area contributed by atoms with Crippen molar-refractivity contribution >= 4 is 45.7 Å². The highest BCUT2D eigenvalue weighted by Crippen LogP contribution is 2.25. The quantitative estimate of drug-likeness (QED) is 0.0146. The molecular weight excluding hydrogens is 1450 g/mol. The summed E-state index contributed by atoms with van der Waals surface area (Å²) in [7, 11) is 1.71. The SMILES string of the molecule is CCCC(=O)c1cccc(NCCCc2ccccc2)c1.CCCC(=O)c1cccc(NCc2ccccc2)c1.CCCC(O)c1cccc(NCc2ccccc2)c1.CCCCc1cccc(NCCCc2ccccc2)c1.CCCCc1cccc(NCCc2ccccc2)c1.CCCCc1cccc(NCc2ccccc2OC)c1. The second kappa shape index (κ2) is 58.4. The fourth-order valence-corrected chi connectivity index (χ4v) is 13.3. The Labute approximate surface area is 709 Å². The van der Waals surface area contributed by atoms with Crippen LogP contribution in [0, 0.1) is 0 Å². The molecule has 0 radical (unpaired) electrons. The van der Waals surface area contributed by atoms with Gasteiger partial charge in [-0.15, -0.1) is 0 Å². The first kappa shape index (κ1) is 93.7. The summed E-state index contributed by atoms with van der Waals surface area (Å²) in [4.78, 5) is 23.7. The number of benzene rings is 12. The first-order chi connectivity index (χ1) is 58.0. The second-order valence-corrected chi connectivity index (χ2v) is 29.9. The van der Waals surface area contributed by atoms with E-state index < -0.39 is 0 Å². The number of aryl methyl sites for hydroxylation is 5. The fourth-order valence-electron chi connectivity index (χ4n) is 13.3. The maximum Gasteiger partial charge on any atom is 0.162 e. The van der Waals surface area contributed by atoms with E-state index >= 15 is 0 Å². The summed E-state index contributed by atoms with van der Waals surface area (Å²) in [6.45, 7) is 18.1. The van der Waals surface area contributed by atoms with Crippen molar-refractivity contribution in [1.82, 2.24) is 0 Å². The average Bonchev–Trinajstić information content (AvgIpc) is 0.893. The Bertz CT molecular complexity index is 4620. The van der Waals surface area contributed by atoms with Gasteiger partial charge in [-0.2, -0.15) is 0 Å². The van der Waals surface area contributed by atoms with Crippen molar-refractivity contribution in [3.8, 4) is 5.75 Å². The van der Waals surface area contributed by atoms with Crippen LogP contribution in [0.3, 0.4) is 0 Å². The van der Waals surface area contributed by atoms with E-state index in [1.54, 1.807) is 7.11 Å². The van der Waals surface area contributed by atoms with Crippen LogP contribution in [0.4, 0.5) is 34.1 Å². The van der Waals surface area contributed by atoms with Gasteiger partial charge in [0.05, 0.1) is 13.2 Å². The van der Waals surface area contributed by atoms with Crippen LogP contribution in [-0.2, 0) is 58.2 Å². The van der Waals surface area contributed by atoms with E-state index in [2.05, 4.69) is 248 Å². The molecule has 620 valence electrons. The highest BCUT2D eigenvalue weighted by molar-refractivity contribution is 5.97. The zero-order chi connectivity index (χ0) is 83.5. The molecule has 1 atom stereocenters. The standard InChI is InChI=1S/C19H23NO.C19H25N.C18H23NO.C18H23N.C17H21NO.C17H19NO/c1-2-8-19(21)17-12-6-13-18(15-17)20-14-7-11-16-9-4-3-5-10-16;1-2-3-9-18-12-7-14-19(16-18)20-15-8-13-17-10-5-4-6-11-17;1-3-4-8-15-9-7-11-17(13-15)19-14-16-10-5-6-12-18(16)20-2;1-2-3-8-17-11-7-12-18(15-17)19-14-13-16-9-5-4-6-10-16;2*1-2-7-17(19)15-10-6-11-16(12-15)18-13-14-8-4-3-5-9-14/h3-6,9-10,12-13,15,20H,2,7-8,11,14H2,1H3;4-7,10-12,14,16,20H,2-3,8-9,13,15H2,1H3;5-7,9-13,19H,3-4,8,14H2,1-2H3;4-7,9-12,15,19H,2-3,8,13-14H2,1H3;3-6,8-12,17-19H,2,7,13H2,1H3;3-6,8-12,18H,2,7,13H2,1H3. The molecule has 118 heavy (non-hydrogen) atoms. The van der Waals surface area contributed by atoms with Gasteiger partial charge >= 0.3 is 0 Å². The molecule has 0 spiro atoms. The molecule has 12 rings (SSSR count). The van der Waals surface area contributed by atoms with Gasteiger partial charge in [0.15, 0.2) is 11.6 Å². The van der Waals surface area contributed by atoms with E-state index in [9.17, 15) is 14.7 Å². The van der Waals surface area contributed by atoms with Crippen LogP contribution in [0.15, 0.2) is 322 Å². The van der Waals surface area contributed by atoms with E-state index in [1.165, 1.54) is 125 Å². The summed E-state index contributed by atoms with van der Waals surface area (Å²) in [5.41, 5.74) is 21.4. The topological polar surface area (TPSA) is 136 Å². The van der Waals surface area contributed by atoms with Gasteiger partial charge in [0.1, 0.15) is 5.75 Å². The Morgan fingerprint density at radius 2 is 0.610 bits per heavy atom. The molecule has 0 aliphatic carbocycles. The smallest absolute Gasteiger partial charge is 0.162 e. The monoisotopic (exact) mass is 1580 g/mol. The van der Waals surface area contributed by atoms with Gasteiger partial charge in [-0.05, 0) is 219 Å². The van der Waals surface area contributed by atoms with Crippen molar-refractivity contribution in [1.29, 1.82) is 0 Å². The fraction of sp³-hybridized carbons (Fsp3) is 0.315. The van der Waals surface area contributed by atoms with Gasteiger partial charge in [-0.25, -0.2) is 0 Å². The van der Waals surface area contributed by atoms with Crippen LogP contribution in [0.5, 0.6) is 5.75 Å². The van der Waals surface area contributed by atoms with Gasteiger partial charge in [0.25, 0.3) is 0 Å². The third-order valence-corrected chi connectivity index (χ3v) is 20.0. The first-order valence-electron chi connectivity index (χ1n) is 43.5. The summed E-state index contributed by atoms with van der Waals surface area (Å²) in [6, 6.07) is 110. The van der Waals surface area contributed by atoms with Crippen LogP contribution in [0.2, 0.25) is 0 Å². The number of carbonyl (C=O) groups is 2. The summed E-state index contributed by atoms with van der Waals surface area (Å²) < 4.78 is 5.37. The molecule has 0 aliphatic rings. The summed E-state index contributed by atoms with van der Waals surface area (Å²) in [5, 5.41) is 30.6. The molecule has 1 unspecified atom stereocenters. The minimum Gasteiger partial charge on any atom is -0.496 e. The van der Waals surface area contributed by atoms with E-state index in [0.29, 0.717) is 12.8 Å². The largest absolute Gasteiger partial charge is 0.496 e. The number of hydrogen-bond donors (Lipinski definition) is 7. The number of hydrogen-bond acceptors (Lipinski definition) is 10. The molecule has 0 saturated heterocycles. The van der Waals surface area contributed by atoms with Crippen molar-refractivity contribution in [3.63, 3.8) is 0 Å². The molecule has 12 aromatic carbocycles. The van der Waals surface area contributed by atoms with E-state index in [4.69, 9.17) is 4.74 Å². The Morgan fingerprint density at radius 3 is 1.02 bits per heavy atom.